The van der Waals surface area contributed by atoms with E-state index in [0.717, 1.165) is 25.1 Å². The number of hydrogen-bond donors (Lipinski definition) is 0. The third-order valence-corrected chi connectivity index (χ3v) is 4.40. The quantitative estimate of drug-likeness (QED) is 0.817. The Morgan fingerprint density at radius 3 is 2.48 bits per heavy atom. The molecule has 0 aliphatic carbocycles. The van der Waals surface area contributed by atoms with E-state index in [-0.39, 0.29) is 10.9 Å². The minimum absolute atomic E-state index is 0.000888. The first-order chi connectivity index (χ1) is 11.8. The second kappa shape index (κ2) is 6.70. The van der Waals surface area contributed by atoms with Crippen molar-refractivity contribution in [3.05, 3.63) is 28.7 Å². The molecular formula is C15H17ClF3N5O. The monoisotopic (exact) mass is 375 g/mol. The van der Waals surface area contributed by atoms with Crippen LogP contribution >= 0.6 is 11.6 Å². The van der Waals surface area contributed by atoms with E-state index >= 15 is 0 Å². The van der Waals surface area contributed by atoms with Crippen molar-refractivity contribution in [3.63, 3.8) is 0 Å². The molecule has 1 aliphatic rings. The van der Waals surface area contributed by atoms with Crippen LogP contribution in [0.1, 0.15) is 30.2 Å². The number of nitrogens with zero attached hydrogens (tertiary/aromatic N) is 5. The van der Waals surface area contributed by atoms with Gasteiger partial charge in [0, 0.05) is 39.3 Å². The van der Waals surface area contributed by atoms with Crippen molar-refractivity contribution in [2.24, 2.45) is 0 Å². The Morgan fingerprint density at radius 2 is 1.96 bits per heavy atom. The van der Waals surface area contributed by atoms with Crippen molar-refractivity contribution < 1.29 is 17.7 Å². The van der Waals surface area contributed by atoms with E-state index in [1.165, 1.54) is 0 Å². The van der Waals surface area contributed by atoms with E-state index in [2.05, 4.69) is 15.1 Å². The number of rotatable bonds is 3. The van der Waals surface area contributed by atoms with Crippen LogP contribution in [0.5, 0.6) is 0 Å². The standard InChI is InChI=1S/C15H17ClF3N5O/c1-23(2)14-21-13(25-22-14)9-3-5-24(6-4-9)12-11(16)7-10(8-20-12)15(17,18)19/h7-9H,3-6H2,1-2H3. The Labute approximate surface area is 147 Å². The van der Waals surface area contributed by atoms with E-state index < -0.39 is 11.7 Å². The van der Waals surface area contributed by atoms with Crippen LogP contribution in [0.15, 0.2) is 16.8 Å². The molecular weight excluding hydrogens is 359 g/mol. The molecule has 0 aromatic carbocycles. The lowest BCUT2D eigenvalue weighted by atomic mass is 9.97. The van der Waals surface area contributed by atoms with Crippen molar-refractivity contribution in [1.29, 1.82) is 0 Å². The summed E-state index contributed by atoms with van der Waals surface area (Å²) in [6, 6.07) is 0.914. The normalized spacial score (nSPS) is 16.3. The number of aromatic nitrogens is 3. The van der Waals surface area contributed by atoms with Gasteiger partial charge >= 0.3 is 6.18 Å². The summed E-state index contributed by atoms with van der Waals surface area (Å²) in [6.45, 7) is 1.20. The summed E-state index contributed by atoms with van der Waals surface area (Å²) in [5.41, 5.74) is -0.849. The molecule has 1 saturated heterocycles. The Kier molecular flexibility index (Phi) is 4.77. The largest absolute Gasteiger partial charge is 0.417 e. The Morgan fingerprint density at radius 1 is 1.28 bits per heavy atom. The molecule has 0 atom stereocenters. The summed E-state index contributed by atoms with van der Waals surface area (Å²) in [5.74, 6) is 1.58. The molecule has 136 valence electrons. The fourth-order valence-electron chi connectivity index (χ4n) is 2.73. The average molecular weight is 376 g/mol. The van der Waals surface area contributed by atoms with Gasteiger partial charge in [-0.2, -0.15) is 18.2 Å². The molecule has 0 bridgehead atoms. The van der Waals surface area contributed by atoms with Crippen molar-refractivity contribution >= 4 is 23.4 Å². The second-order valence-electron chi connectivity index (χ2n) is 6.12. The predicted molar refractivity (Wildman–Crippen MR) is 87.1 cm³/mol. The van der Waals surface area contributed by atoms with Crippen LogP contribution in [0.2, 0.25) is 5.02 Å². The summed E-state index contributed by atoms with van der Waals surface area (Å²) in [7, 11) is 3.66. The van der Waals surface area contributed by atoms with Crippen LogP contribution in [0.4, 0.5) is 24.9 Å². The van der Waals surface area contributed by atoms with Gasteiger partial charge in [-0.1, -0.05) is 11.6 Å². The average Bonchev–Trinajstić information content (AvgIpc) is 3.04. The highest BCUT2D eigenvalue weighted by molar-refractivity contribution is 6.33. The summed E-state index contributed by atoms with van der Waals surface area (Å²) in [4.78, 5) is 11.9. The van der Waals surface area contributed by atoms with Crippen LogP contribution < -0.4 is 9.80 Å². The van der Waals surface area contributed by atoms with Crippen LogP contribution in [0, 0.1) is 0 Å². The number of alkyl halides is 3. The van der Waals surface area contributed by atoms with E-state index in [9.17, 15) is 13.2 Å². The fourth-order valence-corrected chi connectivity index (χ4v) is 3.02. The highest BCUT2D eigenvalue weighted by atomic mass is 35.5. The summed E-state index contributed by atoms with van der Waals surface area (Å²) >= 11 is 6.01. The molecule has 0 N–H and O–H groups in total. The highest BCUT2D eigenvalue weighted by Gasteiger charge is 2.33. The van der Waals surface area contributed by atoms with Crippen LogP contribution in [-0.4, -0.2) is 42.3 Å². The zero-order valence-electron chi connectivity index (χ0n) is 13.7. The SMILES string of the molecule is CN(C)c1noc(C2CCN(c3ncc(C(F)(F)F)cc3Cl)CC2)n1. The Balaban J connectivity index is 1.68. The number of halogens is 4. The molecule has 25 heavy (non-hydrogen) atoms. The number of piperidine rings is 1. The number of pyridine rings is 1. The first kappa shape index (κ1) is 17.8. The third kappa shape index (κ3) is 3.81. The van der Waals surface area contributed by atoms with E-state index in [1.54, 1.807) is 4.90 Å². The molecule has 0 unspecified atom stereocenters. The second-order valence-corrected chi connectivity index (χ2v) is 6.52. The van der Waals surface area contributed by atoms with Gasteiger partial charge in [0.1, 0.15) is 5.82 Å². The van der Waals surface area contributed by atoms with E-state index in [1.807, 2.05) is 19.0 Å². The molecule has 0 amide bonds. The first-order valence-electron chi connectivity index (χ1n) is 7.74. The van der Waals surface area contributed by atoms with Gasteiger partial charge in [0.2, 0.25) is 5.89 Å². The van der Waals surface area contributed by atoms with Gasteiger partial charge in [-0.15, -0.1) is 0 Å². The molecule has 0 radical (unpaired) electrons. The lowest BCUT2D eigenvalue weighted by molar-refractivity contribution is -0.137. The summed E-state index contributed by atoms with van der Waals surface area (Å²) < 4.78 is 43.4. The summed E-state index contributed by atoms with van der Waals surface area (Å²) in [6.07, 6.45) is -2.18. The molecule has 3 heterocycles. The minimum Gasteiger partial charge on any atom is -0.355 e. The highest BCUT2D eigenvalue weighted by Crippen LogP contribution is 2.36. The lowest BCUT2D eigenvalue weighted by Crippen LogP contribution is -2.34. The maximum Gasteiger partial charge on any atom is 0.417 e. The van der Waals surface area contributed by atoms with Crippen molar-refractivity contribution in [3.8, 4) is 0 Å². The van der Waals surface area contributed by atoms with Gasteiger partial charge in [0.25, 0.3) is 5.95 Å². The van der Waals surface area contributed by atoms with Crippen LogP contribution in [0.3, 0.4) is 0 Å². The molecule has 2 aromatic rings. The molecule has 1 aliphatic heterocycles. The molecule has 1 fully saturated rings. The molecule has 0 saturated carbocycles. The Bertz CT molecular complexity index is 741. The number of hydrogen-bond acceptors (Lipinski definition) is 6. The van der Waals surface area contributed by atoms with Gasteiger partial charge in [0.15, 0.2) is 0 Å². The van der Waals surface area contributed by atoms with Gasteiger partial charge in [-0.3, -0.25) is 0 Å². The molecule has 10 heteroatoms. The Hall–Kier alpha value is -2.03. The summed E-state index contributed by atoms with van der Waals surface area (Å²) in [5, 5.41) is 3.90. The van der Waals surface area contributed by atoms with Crippen molar-refractivity contribution in [2.75, 3.05) is 37.0 Å². The first-order valence-corrected chi connectivity index (χ1v) is 8.12. The van der Waals surface area contributed by atoms with Crippen molar-refractivity contribution in [1.82, 2.24) is 15.1 Å². The zero-order valence-corrected chi connectivity index (χ0v) is 14.5. The molecule has 2 aromatic heterocycles. The third-order valence-electron chi connectivity index (χ3n) is 4.12. The van der Waals surface area contributed by atoms with Crippen LogP contribution in [-0.2, 0) is 6.18 Å². The maximum absolute atomic E-state index is 12.7. The fraction of sp³-hybridized carbons (Fsp3) is 0.533. The van der Waals surface area contributed by atoms with Crippen molar-refractivity contribution in [2.45, 2.75) is 24.9 Å². The molecule has 3 rings (SSSR count). The lowest BCUT2D eigenvalue weighted by Gasteiger charge is -2.31. The van der Waals surface area contributed by atoms with Gasteiger partial charge in [0.05, 0.1) is 10.6 Å². The minimum atomic E-state index is -4.45. The maximum atomic E-state index is 12.7. The zero-order chi connectivity index (χ0) is 18.2. The van der Waals surface area contributed by atoms with E-state index in [0.29, 0.717) is 30.7 Å². The van der Waals surface area contributed by atoms with Gasteiger partial charge in [-0.25, -0.2) is 4.98 Å². The van der Waals surface area contributed by atoms with E-state index in [4.69, 9.17) is 16.1 Å². The van der Waals surface area contributed by atoms with Crippen LogP contribution in [0.25, 0.3) is 0 Å². The topological polar surface area (TPSA) is 58.3 Å². The molecule has 6 nitrogen and oxygen atoms in total. The predicted octanol–water partition coefficient (Wildman–Crippen LogP) is 3.59. The van der Waals surface area contributed by atoms with Gasteiger partial charge < -0.3 is 14.3 Å². The number of anilines is 2. The van der Waals surface area contributed by atoms with Gasteiger partial charge in [-0.05, 0) is 24.1 Å². The smallest absolute Gasteiger partial charge is 0.355 e. The molecule has 0 spiro atoms.